The van der Waals surface area contributed by atoms with E-state index in [-0.39, 0.29) is 11.6 Å². The fourth-order valence-electron chi connectivity index (χ4n) is 3.72. The van der Waals surface area contributed by atoms with Gasteiger partial charge in [0, 0.05) is 6.20 Å². The molecule has 1 aliphatic heterocycles. The van der Waals surface area contributed by atoms with Crippen LogP contribution in [0.2, 0.25) is 0 Å². The highest BCUT2D eigenvalue weighted by molar-refractivity contribution is 7.52. The Morgan fingerprint density at radius 1 is 1.29 bits per heavy atom. The van der Waals surface area contributed by atoms with Crippen LogP contribution in [0, 0.1) is 5.41 Å². The Hall–Kier alpha value is -2.90. The molecule has 2 heterocycles. The summed E-state index contributed by atoms with van der Waals surface area (Å²) in [6.45, 7) is 3.79. The van der Waals surface area contributed by atoms with Crippen molar-refractivity contribution >= 4 is 19.5 Å². The second-order valence-corrected chi connectivity index (χ2v) is 10.9. The molecular weight excluding hydrogens is 529 g/mol. The number of para-hydroxylation sites is 1. The van der Waals surface area contributed by atoms with Gasteiger partial charge in [-0.1, -0.05) is 18.2 Å². The zero-order valence-electron chi connectivity index (χ0n) is 21.2. The smallest absolute Gasteiger partial charge is 0.459 e. The van der Waals surface area contributed by atoms with Crippen molar-refractivity contribution in [3.8, 4) is 5.75 Å². The quantitative estimate of drug-likeness (QED) is 0.273. The number of alkyl halides is 2. The molecule has 210 valence electrons. The van der Waals surface area contributed by atoms with Crippen LogP contribution in [0.25, 0.3) is 0 Å². The van der Waals surface area contributed by atoms with E-state index >= 15 is 8.78 Å². The highest BCUT2D eigenvalue weighted by Gasteiger charge is 2.68. The number of carbonyl (C=O) groups is 1. The highest BCUT2D eigenvalue weighted by Crippen LogP contribution is 2.57. The molecule has 3 rings (SSSR count). The first kappa shape index (κ1) is 29.7. The van der Waals surface area contributed by atoms with Crippen LogP contribution in [0.15, 0.2) is 47.4 Å². The topological polar surface area (TPSA) is 164 Å². The van der Waals surface area contributed by atoms with E-state index in [1.807, 2.05) is 0 Å². The third-order valence-electron chi connectivity index (χ3n) is 5.91. The Kier molecular flexibility index (Phi) is 8.94. The first-order chi connectivity index (χ1) is 17.7. The SMILES string of the molecule is CC(C)OC(=O)[C@H](C)NP(=O)(OCC1(C)[C@@H](CO)O[C@H](n2ccc(N)nc2=O)C1(F)F)Oc1ccccc1. The molecule has 1 aromatic heterocycles. The van der Waals surface area contributed by atoms with Gasteiger partial charge in [0.15, 0.2) is 0 Å². The number of nitrogens with zero attached hydrogens (tertiary/aromatic N) is 2. The van der Waals surface area contributed by atoms with E-state index in [9.17, 15) is 19.3 Å². The lowest BCUT2D eigenvalue weighted by atomic mass is 9.80. The Morgan fingerprint density at radius 3 is 2.53 bits per heavy atom. The predicted molar refractivity (Wildman–Crippen MR) is 131 cm³/mol. The predicted octanol–water partition coefficient (Wildman–Crippen LogP) is 2.49. The maximum absolute atomic E-state index is 15.8. The number of nitrogens with one attached hydrogen (secondary N) is 1. The van der Waals surface area contributed by atoms with Crippen molar-refractivity contribution in [2.24, 2.45) is 5.41 Å². The Morgan fingerprint density at radius 2 is 1.95 bits per heavy atom. The molecule has 0 amide bonds. The number of benzene rings is 1. The number of halogens is 2. The molecule has 2 aromatic rings. The van der Waals surface area contributed by atoms with Crippen LogP contribution in [-0.4, -0.2) is 58.0 Å². The first-order valence-electron chi connectivity index (χ1n) is 11.7. The number of nitrogens with two attached hydrogens (primary N) is 1. The summed E-state index contributed by atoms with van der Waals surface area (Å²) >= 11 is 0. The number of hydrogen-bond donors (Lipinski definition) is 3. The van der Waals surface area contributed by atoms with E-state index in [1.54, 1.807) is 32.0 Å². The van der Waals surface area contributed by atoms with E-state index in [0.717, 1.165) is 19.2 Å². The molecule has 12 nitrogen and oxygen atoms in total. The normalized spacial score (nSPS) is 25.1. The maximum atomic E-state index is 15.8. The van der Waals surface area contributed by atoms with Gasteiger partial charge in [-0.25, -0.2) is 18.1 Å². The minimum absolute atomic E-state index is 0.0726. The van der Waals surface area contributed by atoms with Crippen molar-refractivity contribution in [1.29, 1.82) is 0 Å². The number of nitrogen functional groups attached to an aromatic ring is 1. The first-order valence-corrected chi connectivity index (χ1v) is 13.2. The van der Waals surface area contributed by atoms with Crippen LogP contribution in [0.3, 0.4) is 0 Å². The number of hydrogen-bond acceptors (Lipinski definition) is 10. The van der Waals surface area contributed by atoms with E-state index < -0.39 is 68.4 Å². The van der Waals surface area contributed by atoms with Gasteiger partial charge in [-0.3, -0.25) is 13.9 Å². The monoisotopic (exact) mass is 560 g/mol. The van der Waals surface area contributed by atoms with Crippen LogP contribution in [0.5, 0.6) is 5.75 Å². The molecule has 15 heteroatoms. The molecule has 0 saturated carbocycles. The summed E-state index contributed by atoms with van der Waals surface area (Å²) in [6, 6.07) is 7.69. The highest BCUT2D eigenvalue weighted by atomic mass is 31.2. The van der Waals surface area contributed by atoms with E-state index in [0.29, 0.717) is 4.57 Å². The molecule has 0 bridgehead atoms. The fraction of sp³-hybridized carbons (Fsp3) is 0.522. The Balaban J connectivity index is 1.91. The van der Waals surface area contributed by atoms with Gasteiger partial charge in [-0.15, -0.1) is 0 Å². The van der Waals surface area contributed by atoms with Gasteiger partial charge in [-0.05, 0) is 45.9 Å². The Bertz CT molecular complexity index is 1230. The number of rotatable bonds is 11. The van der Waals surface area contributed by atoms with Gasteiger partial charge in [-0.2, -0.15) is 10.1 Å². The molecule has 2 unspecified atom stereocenters. The molecule has 1 aliphatic rings. The molecule has 1 saturated heterocycles. The summed E-state index contributed by atoms with van der Waals surface area (Å²) in [4.78, 5) is 28.0. The lowest BCUT2D eigenvalue weighted by molar-refractivity contribution is -0.153. The standard InChI is InChI=1S/C23H31F2N4O8P/c1-14(2)35-19(31)15(3)28-38(33,37-16-8-6-5-7-9-16)34-13-22(4)17(12-30)36-20(23(22,24)25)29-11-10-18(26)27-21(29)32/h5-11,14-15,17,20,30H,12-13H2,1-4H3,(H,28,33)(H2,26,27,32)/t15-,17+,20-,22?,38?/m0/s1. The van der Waals surface area contributed by atoms with Crippen LogP contribution in [0.4, 0.5) is 14.6 Å². The van der Waals surface area contributed by atoms with Gasteiger partial charge in [0.05, 0.1) is 30.8 Å². The number of esters is 1. The largest absolute Gasteiger partial charge is 0.462 e. The van der Waals surface area contributed by atoms with E-state index in [1.165, 1.54) is 19.1 Å². The molecule has 38 heavy (non-hydrogen) atoms. The summed E-state index contributed by atoms with van der Waals surface area (Å²) in [6.07, 6.45) is -3.20. The number of anilines is 1. The molecule has 1 aromatic carbocycles. The number of aliphatic hydroxyl groups is 1. The second-order valence-electron chi connectivity index (χ2n) is 9.25. The average molecular weight is 560 g/mol. The minimum Gasteiger partial charge on any atom is -0.462 e. The molecule has 4 N–H and O–H groups in total. The molecular formula is C23H31F2N4O8P. The Labute approximate surface area is 217 Å². The van der Waals surface area contributed by atoms with Crippen molar-refractivity contribution in [3.63, 3.8) is 0 Å². The van der Waals surface area contributed by atoms with Crippen molar-refractivity contribution in [2.45, 2.75) is 58.1 Å². The fourth-order valence-corrected chi connectivity index (χ4v) is 5.32. The van der Waals surface area contributed by atoms with Crippen molar-refractivity contribution < 1.29 is 41.8 Å². The zero-order chi connectivity index (χ0) is 28.3. The van der Waals surface area contributed by atoms with Crippen LogP contribution >= 0.6 is 7.75 Å². The van der Waals surface area contributed by atoms with Crippen molar-refractivity contribution in [2.75, 3.05) is 18.9 Å². The summed E-state index contributed by atoms with van der Waals surface area (Å²) in [5.74, 6) is -4.72. The molecule has 1 fully saturated rings. The van der Waals surface area contributed by atoms with Crippen LogP contribution < -0.4 is 21.0 Å². The average Bonchev–Trinajstić information content (AvgIpc) is 3.03. The van der Waals surface area contributed by atoms with Crippen molar-refractivity contribution in [3.05, 3.63) is 53.1 Å². The van der Waals surface area contributed by atoms with E-state index in [2.05, 4.69) is 10.1 Å². The minimum atomic E-state index is -4.51. The number of carbonyl (C=O) groups excluding carboxylic acids is 1. The van der Waals surface area contributed by atoms with Crippen LogP contribution in [0.1, 0.15) is 33.9 Å². The third kappa shape index (κ3) is 6.21. The van der Waals surface area contributed by atoms with Gasteiger partial charge in [0.25, 0.3) is 0 Å². The summed E-state index contributed by atoms with van der Waals surface area (Å²) in [5.41, 5.74) is 2.05. The van der Waals surface area contributed by atoms with E-state index in [4.69, 9.17) is 24.3 Å². The van der Waals surface area contributed by atoms with Crippen molar-refractivity contribution in [1.82, 2.24) is 14.6 Å². The van der Waals surface area contributed by atoms with Gasteiger partial charge >= 0.3 is 25.3 Å². The molecule has 0 radical (unpaired) electrons. The summed E-state index contributed by atoms with van der Waals surface area (Å²) in [5, 5.41) is 12.3. The second kappa shape index (κ2) is 11.5. The van der Waals surface area contributed by atoms with Gasteiger partial charge in [0.1, 0.15) is 17.6 Å². The maximum Gasteiger partial charge on any atom is 0.459 e. The molecule has 0 aliphatic carbocycles. The third-order valence-corrected chi connectivity index (χ3v) is 7.53. The van der Waals surface area contributed by atoms with Gasteiger partial charge in [0.2, 0.25) is 6.23 Å². The summed E-state index contributed by atoms with van der Waals surface area (Å²) in [7, 11) is -4.51. The molecule has 5 atom stereocenters. The number of ether oxygens (including phenoxy) is 2. The zero-order valence-corrected chi connectivity index (χ0v) is 22.1. The number of aliphatic hydroxyl groups excluding tert-OH is 1. The lowest BCUT2D eigenvalue weighted by Crippen LogP contribution is -2.49. The van der Waals surface area contributed by atoms with Crippen LogP contribution in [-0.2, 0) is 23.4 Å². The molecule has 0 spiro atoms. The summed E-state index contributed by atoms with van der Waals surface area (Å²) < 4.78 is 67.4. The van der Waals surface area contributed by atoms with Gasteiger partial charge < -0.3 is 24.8 Å². The number of aromatic nitrogens is 2. The lowest BCUT2D eigenvalue weighted by Gasteiger charge is -2.35.